The zero-order valence-corrected chi connectivity index (χ0v) is 22.0. The van der Waals surface area contributed by atoms with Gasteiger partial charge in [-0.05, 0) is 43.4 Å². The molecule has 0 atom stereocenters. The maximum atomic E-state index is 14.1. The van der Waals surface area contributed by atoms with Gasteiger partial charge in [0.1, 0.15) is 5.69 Å². The maximum absolute atomic E-state index is 14.1. The molecule has 0 fully saturated rings. The molecule has 5 aromatic rings. The summed E-state index contributed by atoms with van der Waals surface area (Å²) in [5, 5.41) is 4.33. The van der Waals surface area contributed by atoms with E-state index < -0.39 is 0 Å². The third-order valence-corrected chi connectivity index (χ3v) is 6.94. The molecule has 0 bridgehead atoms. The lowest BCUT2D eigenvalue weighted by Gasteiger charge is -2.21. The molecule has 1 N–H and O–H groups in total. The molecule has 0 aliphatic heterocycles. The molecule has 5 rings (SSSR count). The van der Waals surface area contributed by atoms with Crippen molar-refractivity contribution in [3.63, 3.8) is 0 Å². The molecule has 0 aliphatic rings. The molecule has 0 saturated heterocycles. The number of nitrogens with one attached hydrogen (secondary N) is 1. The van der Waals surface area contributed by atoms with E-state index in [4.69, 9.17) is 0 Å². The van der Waals surface area contributed by atoms with Crippen molar-refractivity contribution in [2.24, 2.45) is 0 Å². The molecule has 192 valence electrons. The summed E-state index contributed by atoms with van der Waals surface area (Å²) in [4.78, 5) is 20.7. The predicted octanol–water partition coefficient (Wildman–Crippen LogP) is 5.75. The lowest BCUT2D eigenvalue weighted by atomic mass is 9.83. The van der Waals surface area contributed by atoms with Crippen molar-refractivity contribution < 1.29 is 4.79 Å². The molecule has 0 aliphatic carbocycles. The first kappa shape index (κ1) is 25.4. The highest BCUT2D eigenvalue weighted by Crippen LogP contribution is 2.40. The van der Waals surface area contributed by atoms with Crippen LogP contribution in [0.25, 0.3) is 10.9 Å². The van der Waals surface area contributed by atoms with Crippen molar-refractivity contribution in [1.29, 1.82) is 0 Å². The van der Waals surface area contributed by atoms with E-state index in [9.17, 15) is 4.79 Å². The number of likely N-dealkylation sites (N-methyl/N-ethyl adjacent to an activating group) is 1. The van der Waals surface area contributed by atoms with E-state index in [-0.39, 0.29) is 11.8 Å². The Morgan fingerprint density at radius 3 is 2.11 bits per heavy atom. The number of carbonyl (C=O) groups is 1. The molecule has 0 radical (unpaired) electrons. The van der Waals surface area contributed by atoms with Gasteiger partial charge in [0.05, 0.1) is 0 Å². The number of carbonyl (C=O) groups excluding carboxylic acids is 1. The lowest BCUT2D eigenvalue weighted by molar-refractivity contribution is 0.0943. The van der Waals surface area contributed by atoms with E-state index in [1.807, 2.05) is 30.3 Å². The van der Waals surface area contributed by atoms with Crippen molar-refractivity contribution in [3.8, 4) is 0 Å². The highest BCUT2D eigenvalue weighted by Gasteiger charge is 2.30. The predicted molar refractivity (Wildman–Crippen MR) is 155 cm³/mol. The van der Waals surface area contributed by atoms with Crippen LogP contribution in [0.4, 0.5) is 0 Å². The second-order valence-electron chi connectivity index (χ2n) is 9.82. The Hall–Kier alpha value is -4.22. The minimum atomic E-state index is -0.0838. The van der Waals surface area contributed by atoms with Crippen LogP contribution in [0.5, 0.6) is 0 Å². The minimum absolute atomic E-state index is 0.0530. The number of amides is 1. The maximum Gasteiger partial charge on any atom is 0.268 e. The fourth-order valence-corrected chi connectivity index (χ4v) is 5.15. The van der Waals surface area contributed by atoms with Gasteiger partial charge in [0.15, 0.2) is 0 Å². The topological polar surface area (TPSA) is 50.2 Å². The summed E-state index contributed by atoms with van der Waals surface area (Å²) in [5.41, 5.74) is 6.15. The quantitative estimate of drug-likeness (QED) is 0.265. The Morgan fingerprint density at radius 1 is 0.842 bits per heavy atom. The standard InChI is InChI=1S/C33H34N4O/c1-36(2)23-24-37-29-19-10-9-18-28(29)31(32(37)33(38)35-22-20-27-17-11-12-21-34-27)30(25-13-5-3-6-14-25)26-15-7-4-8-16-26/h3-19,21,30H,20,22-24H2,1-2H3,(H,35,38). The van der Waals surface area contributed by atoms with Gasteiger partial charge in [-0.1, -0.05) is 84.9 Å². The van der Waals surface area contributed by atoms with Gasteiger partial charge in [0.25, 0.3) is 5.91 Å². The van der Waals surface area contributed by atoms with Crippen LogP contribution in [0.15, 0.2) is 109 Å². The Morgan fingerprint density at radius 2 is 1.47 bits per heavy atom. The molecule has 0 saturated carbocycles. The molecule has 1 amide bonds. The summed E-state index contributed by atoms with van der Waals surface area (Å²) in [5.74, 6) is -0.137. The molecule has 5 nitrogen and oxygen atoms in total. The van der Waals surface area contributed by atoms with Gasteiger partial charge < -0.3 is 14.8 Å². The first-order valence-electron chi connectivity index (χ1n) is 13.2. The van der Waals surface area contributed by atoms with Crippen molar-refractivity contribution in [3.05, 3.63) is 137 Å². The Bertz CT molecular complexity index is 1440. The monoisotopic (exact) mass is 502 g/mol. The van der Waals surface area contributed by atoms with Crippen molar-refractivity contribution >= 4 is 16.8 Å². The van der Waals surface area contributed by atoms with Crippen LogP contribution < -0.4 is 5.32 Å². The largest absolute Gasteiger partial charge is 0.350 e. The molecule has 0 spiro atoms. The Kier molecular flexibility index (Phi) is 7.95. The van der Waals surface area contributed by atoms with Crippen LogP contribution in [-0.2, 0) is 13.0 Å². The molecular weight excluding hydrogens is 468 g/mol. The third kappa shape index (κ3) is 5.53. The molecule has 0 unspecified atom stereocenters. The molecule has 3 aromatic carbocycles. The van der Waals surface area contributed by atoms with Gasteiger partial charge in [-0.3, -0.25) is 9.78 Å². The zero-order chi connectivity index (χ0) is 26.3. The third-order valence-electron chi connectivity index (χ3n) is 6.94. The second-order valence-corrected chi connectivity index (χ2v) is 9.82. The molecule has 2 heterocycles. The summed E-state index contributed by atoms with van der Waals surface area (Å²) in [6, 6.07) is 35.3. The van der Waals surface area contributed by atoms with E-state index in [1.54, 1.807) is 6.20 Å². The summed E-state index contributed by atoms with van der Waals surface area (Å²) < 4.78 is 2.21. The lowest BCUT2D eigenvalue weighted by Crippen LogP contribution is -2.30. The fourth-order valence-electron chi connectivity index (χ4n) is 5.15. The van der Waals surface area contributed by atoms with Gasteiger partial charge in [-0.25, -0.2) is 0 Å². The van der Waals surface area contributed by atoms with Gasteiger partial charge in [0, 0.05) is 60.3 Å². The zero-order valence-electron chi connectivity index (χ0n) is 22.0. The summed E-state index contributed by atoms with van der Waals surface area (Å²) in [6.45, 7) is 2.06. The summed E-state index contributed by atoms with van der Waals surface area (Å²) in [7, 11) is 4.13. The van der Waals surface area contributed by atoms with Crippen molar-refractivity contribution in [2.75, 3.05) is 27.2 Å². The van der Waals surface area contributed by atoms with Gasteiger partial charge in [-0.15, -0.1) is 0 Å². The van der Waals surface area contributed by atoms with E-state index in [1.165, 1.54) is 0 Å². The van der Waals surface area contributed by atoms with Crippen LogP contribution in [0, 0.1) is 0 Å². The molecule has 5 heteroatoms. The van der Waals surface area contributed by atoms with E-state index >= 15 is 0 Å². The average Bonchev–Trinajstić information content (AvgIpc) is 3.28. The Balaban J connectivity index is 1.65. The van der Waals surface area contributed by atoms with Crippen molar-refractivity contribution in [2.45, 2.75) is 18.9 Å². The summed E-state index contributed by atoms with van der Waals surface area (Å²) in [6.07, 6.45) is 2.47. The number of para-hydroxylation sites is 1. The minimum Gasteiger partial charge on any atom is -0.350 e. The van der Waals surface area contributed by atoms with Crippen LogP contribution in [-0.4, -0.2) is 47.5 Å². The van der Waals surface area contributed by atoms with E-state index in [0.29, 0.717) is 19.5 Å². The number of fused-ring (bicyclic) bond motifs is 1. The number of pyridine rings is 1. The normalized spacial score (nSPS) is 11.4. The fraction of sp³-hybridized carbons (Fsp3) is 0.212. The van der Waals surface area contributed by atoms with Gasteiger partial charge >= 0.3 is 0 Å². The first-order valence-corrected chi connectivity index (χ1v) is 13.2. The second kappa shape index (κ2) is 11.9. The molecular formula is C33H34N4O. The summed E-state index contributed by atoms with van der Waals surface area (Å²) >= 11 is 0. The number of benzene rings is 3. The SMILES string of the molecule is CN(C)CCn1c(C(=O)NCCc2ccccn2)c(C(c2ccccc2)c2ccccc2)c2ccccc21. The average molecular weight is 503 g/mol. The number of rotatable bonds is 10. The van der Waals surface area contributed by atoms with E-state index in [0.717, 1.165) is 45.5 Å². The first-order chi connectivity index (χ1) is 18.6. The Labute approximate surface area is 224 Å². The van der Waals surface area contributed by atoms with Crippen molar-refractivity contribution in [1.82, 2.24) is 19.8 Å². The number of aromatic nitrogens is 2. The number of hydrogen-bond acceptors (Lipinski definition) is 3. The van der Waals surface area contributed by atoms with E-state index in [2.05, 4.69) is 107 Å². The van der Waals surface area contributed by atoms with Crippen LogP contribution in [0.3, 0.4) is 0 Å². The molecule has 38 heavy (non-hydrogen) atoms. The smallest absolute Gasteiger partial charge is 0.268 e. The van der Waals surface area contributed by atoms with Crippen LogP contribution >= 0.6 is 0 Å². The molecule has 2 aromatic heterocycles. The number of nitrogens with zero attached hydrogens (tertiary/aromatic N) is 3. The van der Waals surface area contributed by atoms with Crippen LogP contribution in [0.2, 0.25) is 0 Å². The highest BCUT2D eigenvalue weighted by molar-refractivity contribution is 6.02. The van der Waals surface area contributed by atoms with Gasteiger partial charge in [0.2, 0.25) is 0 Å². The van der Waals surface area contributed by atoms with Crippen LogP contribution in [0.1, 0.15) is 38.8 Å². The van der Waals surface area contributed by atoms with Gasteiger partial charge in [-0.2, -0.15) is 0 Å². The number of hydrogen-bond donors (Lipinski definition) is 1. The highest BCUT2D eigenvalue weighted by atomic mass is 16.1.